The highest BCUT2D eigenvalue weighted by molar-refractivity contribution is 7.89. The van der Waals surface area contributed by atoms with E-state index < -0.39 is 35.4 Å². The second-order valence-electron chi connectivity index (χ2n) is 13.4. The van der Waals surface area contributed by atoms with Gasteiger partial charge in [0.1, 0.15) is 35.9 Å². The zero-order chi connectivity index (χ0) is 40.4. The molecule has 0 radical (unpaired) electrons. The maximum atomic E-state index is 13.9. The molecular weight excluding hydrogens is 753 g/mol. The number of nitrogens with one attached hydrogen (secondary N) is 1. The van der Waals surface area contributed by atoms with Crippen LogP contribution < -0.4 is 29.7 Å². The van der Waals surface area contributed by atoms with Gasteiger partial charge in [0.2, 0.25) is 20.8 Å². The molecule has 0 saturated heterocycles. The fourth-order valence-electron chi connectivity index (χ4n) is 7.01. The average molecular weight is 800 g/mol. The Morgan fingerprint density at radius 2 is 1.55 bits per heavy atom. The van der Waals surface area contributed by atoms with Crippen LogP contribution in [0, 0.1) is 6.92 Å². The minimum absolute atomic E-state index is 0.0137. The molecule has 2 aliphatic rings. The fourth-order valence-corrected chi connectivity index (χ4v) is 8.82. The lowest BCUT2D eigenvalue weighted by atomic mass is 9.93. The lowest BCUT2D eigenvalue weighted by Gasteiger charge is -2.22. The Bertz CT molecular complexity index is 2730. The van der Waals surface area contributed by atoms with Crippen molar-refractivity contribution in [1.29, 1.82) is 0 Å². The Balaban J connectivity index is 1.47. The number of aryl methyl sites for hydroxylation is 1. The number of sulfonamides is 1. The van der Waals surface area contributed by atoms with E-state index >= 15 is 0 Å². The summed E-state index contributed by atoms with van der Waals surface area (Å²) in [5.41, 5.74) is 3.80. The standard InChI is InChI=1S/C42H46N4O8S2/c1-7-45(8-2)30-16-19-33-38(23-30)54-39-24-31(46(9-3)10-4)17-20-34(39)41(33)35-21-18-32(25-40(35)56(50,51)52)55(48,49)43-26-36-42(37(47)22-28(5)44(36)6)53-27-29-14-12-11-13-15-29/h11-25,43H,7-10,26-27H2,1-6H3/p+1. The molecule has 0 amide bonds. The Kier molecular flexibility index (Phi) is 11.9. The molecule has 0 atom stereocenters. The Morgan fingerprint density at radius 1 is 0.857 bits per heavy atom. The SMILES string of the molecule is CCN(CC)c1ccc2c(-c3ccc(S(=O)(=O)NCc4c(OCc5ccccc5)c(=O)cc(C)n4C)cc3S(=O)(=O)O)c3ccc(=[N+](CC)CC)cc-3oc2c1. The van der Waals surface area contributed by atoms with Crippen molar-refractivity contribution in [3.05, 3.63) is 124 Å². The summed E-state index contributed by atoms with van der Waals surface area (Å²) in [6.07, 6.45) is 0. The monoisotopic (exact) mass is 799 g/mol. The molecule has 0 spiro atoms. The number of benzene rings is 4. The Labute approximate surface area is 327 Å². The van der Waals surface area contributed by atoms with E-state index in [-0.39, 0.29) is 30.2 Å². The number of anilines is 1. The lowest BCUT2D eigenvalue weighted by Crippen LogP contribution is -2.29. The third-order valence-corrected chi connectivity index (χ3v) is 12.5. The van der Waals surface area contributed by atoms with Crippen LogP contribution in [0.2, 0.25) is 0 Å². The Hall–Kier alpha value is -5.28. The number of fused-ring (bicyclic) bond motifs is 2. The predicted molar refractivity (Wildman–Crippen MR) is 219 cm³/mol. The van der Waals surface area contributed by atoms with Crippen LogP contribution in [0.3, 0.4) is 0 Å². The van der Waals surface area contributed by atoms with Gasteiger partial charge in [-0.2, -0.15) is 8.42 Å². The number of rotatable bonds is 14. The van der Waals surface area contributed by atoms with E-state index in [0.717, 1.165) is 48.9 Å². The first-order chi connectivity index (χ1) is 26.7. The van der Waals surface area contributed by atoms with Gasteiger partial charge < -0.3 is 18.6 Å². The molecule has 2 heterocycles. The van der Waals surface area contributed by atoms with Gasteiger partial charge in [-0.25, -0.2) is 17.7 Å². The topological polar surface area (TPSA) is 151 Å². The van der Waals surface area contributed by atoms with E-state index in [1.165, 1.54) is 18.2 Å². The number of hydrogen-bond acceptors (Lipinski definition) is 8. The molecule has 0 bridgehead atoms. The summed E-state index contributed by atoms with van der Waals surface area (Å²) < 4.78 is 83.7. The number of ether oxygens (including phenoxy) is 1. The molecule has 4 aromatic rings. The molecule has 0 fully saturated rings. The minimum Gasteiger partial charge on any atom is -0.483 e. The third-order valence-electron chi connectivity index (χ3n) is 10.2. The van der Waals surface area contributed by atoms with Gasteiger partial charge in [0.25, 0.3) is 10.1 Å². The van der Waals surface area contributed by atoms with Crippen molar-refractivity contribution < 1.29 is 30.5 Å². The maximum absolute atomic E-state index is 13.9. The second-order valence-corrected chi connectivity index (χ2v) is 16.6. The Morgan fingerprint density at radius 3 is 2.21 bits per heavy atom. The summed E-state index contributed by atoms with van der Waals surface area (Å²) >= 11 is 0. The molecule has 1 aliphatic carbocycles. The number of hydrogen-bond donors (Lipinski definition) is 2. The summed E-state index contributed by atoms with van der Waals surface area (Å²) in [5, 5.41) is 1.49. The van der Waals surface area contributed by atoms with Crippen LogP contribution in [0.4, 0.5) is 5.69 Å². The maximum Gasteiger partial charge on any atom is 0.295 e. The quantitative estimate of drug-likeness (QED) is 0.0749. The molecule has 6 rings (SSSR count). The zero-order valence-corrected chi connectivity index (χ0v) is 34.0. The van der Waals surface area contributed by atoms with Crippen LogP contribution >= 0.6 is 0 Å². The van der Waals surface area contributed by atoms with E-state index in [2.05, 4.69) is 41.9 Å². The first kappa shape index (κ1) is 40.4. The summed E-state index contributed by atoms with van der Waals surface area (Å²) in [6, 6.07) is 25.7. The highest BCUT2D eigenvalue weighted by Crippen LogP contribution is 2.43. The normalized spacial score (nSPS) is 12.0. The van der Waals surface area contributed by atoms with Crippen LogP contribution in [-0.4, -0.2) is 52.1 Å². The van der Waals surface area contributed by atoms with Crippen molar-refractivity contribution >= 4 is 36.8 Å². The molecule has 294 valence electrons. The van der Waals surface area contributed by atoms with E-state index in [0.29, 0.717) is 33.6 Å². The van der Waals surface area contributed by atoms with Crippen molar-refractivity contribution in [3.8, 4) is 28.2 Å². The lowest BCUT2D eigenvalue weighted by molar-refractivity contribution is 0.295. The zero-order valence-electron chi connectivity index (χ0n) is 32.4. The highest BCUT2D eigenvalue weighted by Gasteiger charge is 2.28. The van der Waals surface area contributed by atoms with Crippen molar-refractivity contribution in [2.24, 2.45) is 7.05 Å². The minimum atomic E-state index is -4.99. The van der Waals surface area contributed by atoms with Gasteiger partial charge in [-0.1, -0.05) is 36.4 Å². The highest BCUT2D eigenvalue weighted by atomic mass is 32.2. The predicted octanol–water partition coefficient (Wildman–Crippen LogP) is 6.17. The van der Waals surface area contributed by atoms with Crippen LogP contribution in [0.1, 0.15) is 44.6 Å². The van der Waals surface area contributed by atoms with Crippen LogP contribution in [0.5, 0.6) is 5.75 Å². The fraction of sp³-hybridized carbons (Fsp3) is 0.286. The smallest absolute Gasteiger partial charge is 0.295 e. The van der Waals surface area contributed by atoms with Crippen molar-refractivity contribution in [1.82, 2.24) is 13.9 Å². The largest absolute Gasteiger partial charge is 0.483 e. The molecule has 14 heteroatoms. The van der Waals surface area contributed by atoms with Crippen LogP contribution in [0.25, 0.3) is 33.4 Å². The first-order valence-corrected chi connectivity index (χ1v) is 21.4. The number of pyridine rings is 1. The molecule has 2 N–H and O–H groups in total. The first-order valence-electron chi connectivity index (χ1n) is 18.5. The second kappa shape index (κ2) is 16.4. The summed E-state index contributed by atoms with van der Waals surface area (Å²) in [4.78, 5) is 14.3. The van der Waals surface area contributed by atoms with Crippen molar-refractivity contribution in [2.75, 3.05) is 31.1 Å². The van der Waals surface area contributed by atoms with Gasteiger partial charge in [0, 0.05) is 71.8 Å². The molecule has 0 saturated carbocycles. The molecule has 1 aliphatic heterocycles. The van der Waals surface area contributed by atoms with E-state index in [4.69, 9.17) is 9.15 Å². The molecule has 1 aromatic heterocycles. The average Bonchev–Trinajstić information content (AvgIpc) is 3.18. The van der Waals surface area contributed by atoms with Crippen molar-refractivity contribution in [2.45, 2.75) is 57.6 Å². The summed E-state index contributed by atoms with van der Waals surface area (Å²) in [6.45, 7) is 12.7. The molecular formula is C42H47N4O8S2+. The van der Waals surface area contributed by atoms with Crippen LogP contribution in [0.15, 0.2) is 110 Å². The van der Waals surface area contributed by atoms with Gasteiger partial charge in [-0.05, 0) is 70.5 Å². The summed E-state index contributed by atoms with van der Waals surface area (Å²) in [7, 11) is -7.72. The van der Waals surface area contributed by atoms with Gasteiger partial charge in [-0.15, -0.1) is 0 Å². The van der Waals surface area contributed by atoms with E-state index in [1.807, 2.05) is 66.7 Å². The third kappa shape index (κ3) is 8.14. The van der Waals surface area contributed by atoms with E-state index in [1.54, 1.807) is 18.5 Å². The van der Waals surface area contributed by atoms with Gasteiger partial charge in [0.05, 0.1) is 23.2 Å². The van der Waals surface area contributed by atoms with Crippen molar-refractivity contribution in [3.63, 3.8) is 0 Å². The van der Waals surface area contributed by atoms with Gasteiger partial charge in [0.15, 0.2) is 5.75 Å². The molecule has 3 aromatic carbocycles. The molecule has 56 heavy (non-hydrogen) atoms. The van der Waals surface area contributed by atoms with Crippen LogP contribution in [-0.2, 0) is 40.3 Å². The summed E-state index contributed by atoms with van der Waals surface area (Å²) in [5.74, 6) is 0.475. The van der Waals surface area contributed by atoms with E-state index in [9.17, 15) is 26.2 Å². The van der Waals surface area contributed by atoms with Gasteiger partial charge in [-0.3, -0.25) is 9.35 Å². The molecule has 0 unspecified atom stereocenters. The molecule has 12 nitrogen and oxygen atoms in total. The van der Waals surface area contributed by atoms with Gasteiger partial charge >= 0.3 is 0 Å². The number of nitrogens with zero attached hydrogens (tertiary/aromatic N) is 3. The number of aromatic nitrogens is 1.